The second-order valence-electron chi connectivity index (χ2n) is 6.00. The average Bonchev–Trinajstić information content (AvgIpc) is 3.31. The summed E-state index contributed by atoms with van der Waals surface area (Å²) in [6, 6.07) is 5.24. The fourth-order valence-electron chi connectivity index (χ4n) is 3.10. The third-order valence-electron chi connectivity index (χ3n) is 4.32. The van der Waals surface area contributed by atoms with Crippen LogP contribution in [0.3, 0.4) is 0 Å². The zero-order valence-corrected chi connectivity index (χ0v) is 13.7. The van der Waals surface area contributed by atoms with Crippen LogP contribution in [-0.4, -0.2) is 32.5 Å². The monoisotopic (exact) mass is 326 g/mol. The van der Waals surface area contributed by atoms with Gasteiger partial charge in [-0.25, -0.2) is 4.98 Å². The summed E-state index contributed by atoms with van der Waals surface area (Å²) in [5.41, 5.74) is 2.20. The molecular formula is C17H18N4O3. The topological polar surface area (TPSA) is 85.3 Å². The number of aryl methyl sites for hydroxylation is 2. The maximum Gasteiger partial charge on any atom is 0.290 e. The van der Waals surface area contributed by atoms with Gasteiger partial charge in [-0.1, -0.05) is 12.1 Å². The number of pyridine rings is 1. The van der Waals surface area contributed by atoms with Gasteiger partial charge in [0, 0.05) is 24.7 Å². The van der Waals surface area contributed by atoms with Crippen LogP contribution >= 0.6 is 0 Å². The molecule has 0 saturated carbocycles. The van der Waals surface area contributed by atoms with Crippen LogP contribution in [0.25, 0.3) is 11.1 Å². The standard InChI is InChI=1S/C17H18N4O3/c1-3-15-19-16(20-24-15)12-5-4-8-21(12)17(22)14-9-11-13(23-14)7-6-10(2)18-11/h6-7,9,12H,3-5,8H2,1-2H3/t12-/m1/s1. The van der Waals surface area contributed by atoms with E-state index in [0.29, 0.717) is 41.5 Å². The Morgan fingerprint density at radius 1 is 1.38 bits per heavy atom. The molecule has 7 nitrogen and oxygen atoms in total. The Morgan fingerprint density at radius 2 is 2.25 bits per heavy atom. The number of hydrogen-bond acceptors (Lipinski definition) is 6. The molecule has 1 aliphatic rings. The summed E-state index contributed by atoms with van der Waals surface area (Å²) < 4.78 is 10.9. The number of aromatic nitrogens is 3. The molecule has 0 aliphatic carbocycles. The van der Waals surface area contributed by atoms with Crippen molar-refractivity contribution < 1.29 is 13.7 Å². The predicted octanol–water partition coefficient (Wildman–Crippen LogP) is 3.06. The predicted molar refractivity (Wildman–Crippen MR) is 85.4 cm³/mol. The van der Waals surface area contributed by atoms with Crippen LogP contribution in [0.1, 0.15) is 53.8 Å². The van der Waals surface area contributed by atoms with Crippen molar-refractivity contribution in [1.82, 2.24) is 20.0 Å². The van der Waals surface area contributed by atoms with E-state index in [9.17, 15) is 4.79 Å². The Hall–Kier alpha value is -2.70. The molecule has 4 heterocycles. The molecular weight excluding hydrogens is 308 g/mol. The van der Waals surface area contributed by atoms with Gasteiger partial charge in [0.15, 0.2) is 17.2 Å². The Morgan fingerprint density at radius 3 is 3.04 bits per heavy atom. The largest absolute Gasteiger partial charge is 0.449 e. The molecule has 1 aliphatic heterocycles. The van der Waals surface area contributed by atoms with Crippen molar-refractivity contribution in [2.75, 3.05) is 6.54 Å². The van der Waals surface area contributed by atoms with Crippen molar-refractivity contribution in [3.63, 3.8) is 0 Å². The van der Waals surface area contributed by atoms with E-state index in [2.05, 4.69) is 15.1 Å². The minimum Gasteiger partial charge on any atom is -0.449 e. The van der Waals surface area contributed by atoms with Gasteiger partial charge in [0.05, 0.1) is 6.04 Å². The molecule has 1 atom stereocenters. The van der Waals surface area contributed by atoms with Gasteiger partial charge < -0.3 is 13.8 Å². The molecule has 7 heteroatoms. The Kier molecular flexibility index (Phi) is 3.55. The Labute approximate surface area is 138 Å². The number of carbonyl (C=O) groups excluding carboxylic acids is 1. The van der Waals surface area contributed by atoms with E-state index in [1.54, 1.807) is 11.0 Å². The maximum absolute atomic E-state index is 12.9. The lowest BCUT2D eigenvalue weighted by Gasteiger charge is -2.20. The normalized spacial score (nSPS) is 17.8. The van der Waals surface area contributed by atoms with Gasteiger partial charge in [0.2, 0.25) is 5.89 Å². The van der Waals surface area contributed by atoms with E-state index < -0.39 is 0 Å². The minimum atomic E-state index is -0.163. The fourth-order valence-corrected chi connectivity index (χ4v) is 3.10. The lowest BCUT2D eigenvalue weighted by atomic mass is 10.2. The summed E-state index contributed by atoms with van der Waals surface area (Å²) in [5, 5.41) is 4.03. The van der Waals surface area contributed by atoms with Gasteiger partial charge in [0.25, 0.3) is 5.91 Å². The lowest BCUT2D eigenvalue weighted by molar-refractivity contribution is 0.0698. The maximum atomic E-state index is 12.9. The van der Waals surface area contributed by atoms with E-state index in [0.717, 1.165) is 18.5 Å². The number of rotatable bonds is 3. The molecule has 24 heavy (non-hydrogen) atoms. The zero-order valence-electron chi connectivity index (χ0n) is 13.7. The molecule has 3 aromatic heterocycles. The highest BCUT2D eigenvalue weighted by atomic mass is 16.5. The number of nitrogens with zero attached hydrogens (tertiary/aromatic N) is 4. The Balaban J connectivity index is 1.64. The first-order valence-electron chi connectivity index (χ1n) is 8.16. The summed E-state index contributed by atoms with van der Waals surface area (Å²) in [5.74, 6) is 1.31. The van der Waals surface area contributed by atoms with Gasteiger partial charge in [0.1, 0.15) is 5.52 Å². The van der Waals surface area contributed by atoms with Gasteiger partial charge >= 0.3 is 0 Å². The molecule has 0 N–H and O–H groups in total. The van der Waals surface area contributed by atoms with Gasteiger partial charge in [-0.3, -0.25) is 4.79 Å². The number of hydrogen-bond donors (Lipinski definition) is 0. The number of likely N-dealkylation sites (tertiary alicyclic amines) is 1. The average molecular weight is 326 g/mol. The van der Waals surface area contributed by atoms with E-state index >= 15 is 0 Å². The molecule has 124 valence electrons. The van der Waals surface area contributed by atoms with Crippen molar-refractivity contribution in [2.24, 2.45) is 0 Å². The van der Waals surface area contributed by atoms with Gasteiger partial charge in [-0.05, 0) is 31.9 Å². The number of amides is 1. The molecule has 0 aromatic carbocycles. The SMILES string of the molecule is CCc1nc([C@H]2CCCN2C(=O)c2cc3nc(C)ccc3o2)no1. The van der Waals surface area contributed by atoms with Crippen molar-refractivity contribution in [3.8, 4) is 0 Å². The molecule has 4 rings (SSSR count). The molecule has 1 fully saturated rings. The van der Waals surface area contributed by atoms with E-state index in [1.807, 2.05) is 26.0 Å². The summed E-state index contributed by atoms with van der Waals surface area (Å²) in [6.45, 7) is 4.52. The number of furan rings is 1. The minimum absolute atomic E-state index is 0.156. The molecule has 0 bridgehead atoms. The summed E-state index contributed by atoms with van der Waals surface area (Å²) in [4.78, 5) is 23.4. The van der Waals surface area contributed by atoms with E-state index in [1.165, 1.54) is 0 Å². The van der Waals surface area contributed by atoms with E-state index in [-0.39, 0.29) is 11.9 Å². The fraction of sp³-hybridized carbons (Fsp3) is 0.412. The van der Waals surface area contributed by atoms with Crippen LogP contribution in [0.4, 0.5) is 0 Å². The van der Waals surface area contributed by atoms with Crippen LogP contribution in [0.5, 0.6) is 0 Å². The van der Waals surface area contributed by atoms with Crippen LogP contribution in [0.2, 0.25) is 0 Å². The molecule has 0 spiro atoms. The molecule has 0 radical (unpaired) electrons. The van der Waals surface area contributed by atoms with Crippen molar-refractivity contribution in [2.45, 2.75) is 39.2 Å². The van der Waals surface area contributed by atoms with Crippen molar-refractivity contribution in [1.29, 1.82) is 0 Å². The van der Waals surface area contributed by atoms with Crippen LogP contribution in [0, 0.1) is 6.92 Å². The molecule has 0 unspecified atom stereocenters. The first-order valence-corrected chi connectivity index (χ1v) is 8.16. The highest BCUT2D eigenvalue weighted by molar-refractivity contribution is 5.95. The highest BCUT2D eigenvalue weighted by Gasteiger charge is 2.35. The molecule has 1 amide bonds. The van der Waals surface area contributed by atoms with Crippen molar-refractivity contribution >= 4 is 17.0 Å². The quantitative estimate of drug-likeness (QED) is 0.735. The smallest absolute Gasteiger partial charge is 0.290 e. The van der Waals surface area contributed by atoms with Crippen LogP contribution in [0.15, 0.2) is 27.1 Å². The molecule has 3 aromatic rings. The van der Waals surface area contributed by atoms with Crippen molar-refractivity contribution in [3.05, 3.63) is 41.4 Å². The number of carbonyl (C=O) groups is 1. The molecule has 1 saturated heterocycles. The third-order valence-corrected chi connectivity index (χ3v) is 4.32. The lowest BCUT2D eigenvalue weighted by Crippen LogP contribution is -2.30. The van der Waals surface area contributed by atoms with Crippen LogP contribution in [-0.2, 0) is 6.42 Å². The van der Waals surface area contributed by atoms with Gasteiger partial charge in [-0.15, -0.1) is 0 Å². The Bertz CT molecular complexity index is 898. The number of fused-ring (bicyclic) bond motifs is 1. The highest BCUT2D eigenvalue weighted by Crippen LogP contribution is 2.32. The van der Waals surface area contributed by atoms with Crippen LogP contribution < -0.4 is 0 Å². The summed E-state index contributed by atoms with van der Waals surface area (Å²) >= 11 is 0. The second kappa shape index (κ2) is 5.74. The second-order valence-corrected chi connectivity index (χ2v) is 6.00. The zero-order chi connectivity index (χ0) is 16.7. The first kappa shape index (κ1) is 14.9. The third kappa shape index (κ3) is 2.46. The van der Waals surface area contributed by atoms with E-state index in [4.69, 9.17) is 8.94 Å². The van der Waals surface area contributed by atoms with Gasteiger partial charge in [-0.2, -0.15) is 4.98 Å². The first-order chi connectivity index (χ1) is 11.7. The summed E-state index contributed by atoms with van der Waals surface area (Å²) in [6.07, 6.45) is 2.41. The summed E-state index contributed by atoms with van der Waals surface area (Å²) in [7, 11) is 0.